The molecule has 0 bridgehead atoms. The second kappa shape index (κ2) is 7.40. The van der Waals surface area contributed by atoms with Crippen LogP contribution in [0.2, 0.25) is 0 Å². The minimum Gasteiger partial charge on any atom is -0.297 e. The van der Waals surface area contributed by atoms with Crippen LogP contribution in [0, 0.1) is 6.92 Å². The number of rotatable bonds is 6. The number of sulfonamides is 1. The van der Waals surface area contributed by atoms with Crippen molar-refractivity contribution in [2.24, 2.45) is 0 Å². The number of piperidine rings is 1. The van der Waals surface area contributed by atoms with Gasteiger partial charge in [0.05, 0.1) is 12.2 Å². The number of hydrogen-bond donors (Lipinski definition) is 1. The van der Waals surface area contributed by atoms with Gasteiger partial charge in [0, 0.05) is 16.8 Å². The second-order valence-corrected chi connectivity index (χ2v) is 9.98. The van der Waals surface area contributed by atoms with Crippen LogP contribution in [0.25, 0.3) is 0 Å². The molecular formula is C15H21N3O2S3. The van der Waals surface area contributed by atoms with Gasteiger partial charge in [0.15, 0.2) is 0 Å². The summed E-state index contributed by atoms with van der Waals surface area (Å²) in [6.45, 7) is 5.29. The van der Waals surface area contributed by atoms with Gasteiger partial charge in [0.1, 0.15) is 9.22 Å². The van der Waals surface area contributed by atoms with E-state index in [-0.39, 0.29) is 6.54 Å². The molecule has 126 valence electrons. The number of thiophene rings is 1. The molecule has 23 heavy (non-hydrogen) atoms. The average Bonchev–Trinajstić information content (AvgIpc) is 3.16. The molecule has 2 aromatic heterocycles. The van der Waals surface area contributed by atoms with Crippen molar-refractivity contribution in [1.29, 1.82) is 0 Å². The van der Waals surface area contributed by atoms with E-state index < -0.39 is 10.0 Å². The highest BCUT2D eigenvalue weighted by atomic mass is 32.2. The van der Waals surface area contributed by atoms with Crippen molar-refractivity contribution in [3.63, 3.8) is 0 Å². The molecule has 1 aliphatic heterocycles. The minimum absolute atomic E-state index is 0.254. The van der Waals surface area contributed by atoms with E-state index in [9.17, 15) is 8.42 Å². The van der Waals surface area contributed by atoms with Crippen LogP contribution < -0.4 is 4.72 Å². The van der Waals surface area contributed by atoms with Crippen molar-refractivity contribution in [2.75, 3.05) is 13.1 Å². The molecule has 0 spiro atoms. The summed E-state index contributed by atoms with van der Waals surface area (Å²) in [6, 6.07) is 3.46. The molecular weight excluding hydrogens is 350 g/mol. The molecule has 2 aromatic rings. The quantitative estimate of drug-likeness (QED) is 0.848. The Hall–Kier alpha value is -0.800. The Morgan fingerprint density at radius 2 is 2.04 bits per heavy atom. The molecule has 0 saturated carbocycles. The molecule has 0 radical (unpaired) electrons. The van der Waals surface area contributed by atoms with Gasteiger partial charge in [0.25, 0.3) is 0 Å². The van der Waals surface area contributed by atoms with Crippen LogP contribution in [0.3, 0.4) is 0 Å². The molecule has 1 N–H and O–H groups in total. The highest BCUT2D eigenvalue weighted by molar-refractivity contribution is 7.91. The first-order valence-corrected chi connectivity index (χ1v) is 10.9. The number of thiazole rings is 1. The molecule has 1 fully saturated rings. The Labute approximate surface area is 145 Å². The number of nitrogens with zero attached hydrogens (tertiary/aromatic N) is 2. The minimum atomic E-state index is -3.43. The number of aryl methyl sites for hydroxylation is 1. The molecule has 5 nitrogen and oxygen atoms in total. The molecule has 8 heteroatoms. The molecule has 1 aliphatic rings. The maximum atomic E-state index is 12.2. The van der Waals surface area contributed by atoms with Crippen LogP contribution in [0.5, 0.6) is 0 Å². The highest BCUT2D eigenvalue weighted by Gasteiger charge is 2.17. The SMILES string of the molecule is Cc1ccc(S(=O)(=O)NCc2nc(CN3CCCCC3)cs2)s1. The Bertz CT molecular complexity index is 746. The van der Waals surface area contributed by atoms with Gasteiger partial charge in [0.2, 0.25) is 10.0 Å². The molecule has 1 saturated heterocycles. The summed E-state index contributed by atoms with van der Waals surface area (Å²) in [4.78, 5) is 7.97. The first kappa shape index (κ1) is 17.0. The van der Waals surface area contributed by atoms with E-state index in [1.54, 1.807) is 6.07 Å². The zero-order valence-corrected chi connectivity index (χ0v) is 15.6. The molecule has 0 aliphatic carbocycles. The summed E-state index contributed by atoms with van der Waals surface area (Å²) in [5.41, 5.74) is 1.04. The Balaban J connectivity index is 1.56. The second-order valence-electron chi connectivity index (χ2n) is 5.76. The summed E-state index contributed by atoms with van der Waals surface area (Å²) >= 11 is 2.80. The summed E-state index contributed by atoms with van der Waals surface area (Å²) in [6.07, 6.45) is 3.84. The highest BCUT2D eigenvalue weighted by Crippen LogP contribution is 2.21. The average molecular weight is 372 g/mol. The van der Waals surface area contributed by atoms with Crippen molar-refractivity contribution < 1.29 is 8.42 Å². The first-order valence-electron chi connectivity index (χ1n) is 7.75. The van der Waals surface area contributed by atoms with Crippen LogP contribution in [0.15, 0.2) is 21.7 Å². The van der Waals surface area contributed by atoms with Crippen LogP contribution in [0.4, 0.5) is 0 Å². The van der Waals surface area contributed by atoms with Crippen LogP contribution in [-0.4, -0.2) is 31.4 Å². The summed E-state index contributed by atoms with van der Waals surface area (Å²) in [5.74, 6) is 0. The third kappa shape index (κ3) is 4.60. The molecule has 0 atom stereocenters. The van der Waals surface area contributed by atoms with Crippen LogP contribution >= 0.6 is 22.7 Å². The fourth-order valence-electron chi connectivity index (χ4n) is 2.63. The Morgan fingerprint density at radius 1 is 1.26 bits per heavy atom. The molecule has 3 rings (SSSR count). The summed E-state index contributed by atoms with van der Waals surface area (Å²) in [5, 5.41) is 2.85. The number of hydrogen-bond acceptors (Lipinski definition) is 6. The maximum absolute atomic E-state index is 12.2. The molecule has 3 heterocycles. The van der Waals surface area contributed by atoms with Gasteiger partial charge in [-0.25, -0.2) is 18.1 Å². The third-order valence-corrected chi connectivity index (χ3v) is 7.62. The fourth-order valence-corrected chi connectivity index (χ4v) is 5.77. The van der Waals surface area contributed by atoms with Gasteiger partial charge in [-0.05, 0) is 45.0 Å². The van der Waals surface area contributed by atoms with Crippen molar-refractivity contribution in [1.82, 2.24) is 14.6 Å². The molecule has 0 amide bonds. The van der Waals surface area contributed by atoms with Gasteiger partial charge in [-0.2, -0.15) is 0 Å². The van der Waals surface area contributed by atoms with Gasteiger partial charge < -0.3 is 0 Å². The number of aromatic nitrogens is 1. The third-order valence-electron chi connectivity index (χ3n) is 3.83. The van der Waals surface area contributed by atoms with Crippen molar-refractivity contribution in [3.05, 3.63) is 33.1 Å². The van der Waals surface area contributed by atoms with E-state index in [1.165, 1.54) is 41.9 Å². The van der Waals surface area contributed by atoms with E-state index in [0.29, 0.717) is 4.21 Å². The maximum Gasteiger partial charge on any atom is 0.250 e. The summed E-state index contributed by atoms with van der Waals surface area (Å²) in [7, 11) is -3.43. The topological polar surface area (TPSA) is 62.3 Å². The first-order chi connectivity index (χ1) is 11.0. The predicted molar refractivity (Wildman–Crippen MR) is 94.3 cm³/mol. The van der Waals surface area contributed by atoms with E-state index in [1.807, 2.05) is 18.4 Å². The lowest BCUT2D eigenvalue weighted by molar-refractivity contribution is 0.219. The number of nitrogens with one attached hydrogen (secondary N) is 1. The van der Waals surface area contributed by atoms with Crippen LogP contribution in [-0.2, 0) is 23.1 Å². The smallest absolute Gasteiger partial charge is 0.250 e. The number of likely N-dealkylation sites (tertiary alicyclic amines) is 1. The standard InChI is InChI=1S/C15H21N3O2S3/c1-12-5-6-15(22-12)23(19,20)16-9-14-17-13(11-21-14)10-18-7-3-2-4-8-18/h5-6,11,16H,2-4,7-10H2,1H3. The monoisotopic (exact) mass is 371 g/mol. The van der Waals surface area contributed by atoms with Gasteiger partial charge in [-0.3, -0.25) is 4.90 Å². The lowest BCUT2D eigenvalue weighted by Gasteiger charge is -2.25. The van der Waals surface area contributed by atoms with E-state index in [4.69, 9.17) is 0 Å². The lowest BCUT2D eigenvalue weighted by Crippen LogP contribution is -2.29. The predicted octanol–water partition coefficient (Wildman–Crippen LogP) is 2.98. The van der Waals surface area contributed by atoms with Gasteiger partial charge in [-0.1, -0.05) is 6.42 Å². The zero-order valence-electron chi connectivity index (χ0n) is 13.1. The fraction of sp³-hybridized carbons (Fsp3) is 0.533. The van der Waals surface area contributed by atoms with Crippen molar-refractivity contribution >= 4 is 32.7 Å². The van der Waals surface area contributed by atoms with E-state index >= 15 is 0 Å². The van der Waals surface area contributed by atoms with Gasteiger partial charge >= 0.3 is 0 Å². The van der Waals surface area contributed by atoms with Crippen molar-refractivity contribution in [3.8, 4) is 0 Å². The van der Waals surface area contributed by atoms with Gasteiger partial charge in [-0.15, -0.1) is 22.7 Å². The Morgan fingerprint density at radius 3 is 2.74 bits per heavy atom. The van der Waals surface area contributed by atoms with E-state index in [0.717, 1.165) is 35.2 Å². The Kier molecular flexibility index (Phi) is 5.48. The summed E-state index contributed by atoms with van der Waals surface area (Å²) < 4.78 is 27.4. The van der Waals surface area contributed by atoms with Crippen LogP contribution in [0.1, 0.15) is 34.8 Å². The lowest BCUT2D eigenvalue weighted by atomic mass is 10.1. The van der Waals surface area contributed by atoms with Crippen molar-refractivity contribution in [2.45, 2.75) is 43.5 Å². The largest absolute Gasteiger partial charge is 0.297 e. The molecule has 0 unspecified atom stereocenters. The van der Waals surface area contributed by atoms with E-state index in [2.05, 4.69) is 14.6 Å². The normalized spacial score (nSPS) is 16.7. The zero-order chi connectivity index (χ0) is 16.3. The molecule has 0 aromatic carbocycles.